The Labute approximate surface area is 101 Å². The molecule has 0 amide bonds. The van der Waals surface area contributed by atoms with Crippen molar-refractivity contribution in [2.45, 2.75) is 19.8 Å². The number of aromatic amines is 1. The van der Waals surface area contributed by atoms with E-state index in [4.69, 9.17) is 0 Å². The van der Waals surface area contributed by atoms with Crippen LogP contribution in [-0.4, -0.2) is 10.2 Å². The van der Waals surface area contributed by atoms with E-state index in [9.17, 15) is 4.79 Å². The summed E-state index contributed by atoms with van der Waals surface area (Å²) in [6.07, 6.45) is 0. The minimum absolute atomic E-state index is 0.00634. The Bertz CT molecular complexity index is 560. The molecule has 0 spiro atoms. The second-order valence-corrected chi connectivity index (χ2v) is 4.83. The monoisotopic (exact) mass is 314 g/mol. The molecule has 0 unspecified atom stereocenters. The maximum atomic E-state index is 11.8. The van der Waals surface area contributed by atoms with Gasteiger partial charge in [0.05, 0.1) is 10.9 Å². The third kappa shape index (κ3) is 1.90. The molecule has 0 fully saturated rings. The molecule has 0 atom stereocenters. The highest BCUT2D eigenvalue weighted by Gasteiger charge is 2.06. The van der Waals surface area contributed by atoms with E-state index in [0.717, 1.165) is 10.9 Å². The molecular formula is C11H11IN2O. The number of rotatable bonds is 1. The van der Waals surface area contributed by atoms with Crippen LogP contribution in [0.2, 0.25) is 0 Å². The molecule has 0 aliphatic carbocycles. The molecule has 0 saturated heterocycles. The van der Waals surface area contributed by atoms with Crippen LogP contribution in [0.25, 0.3) is 10.9 Å². The molecule has 2 aromatic rings. The van der Waals surface area contributed by atoms with E-state index in [2.05, 4.69) is 24.0 Å². The molecule has 0 saturated carbocycles. The average Bonchev–Trinajstić information content (AvgIpc) is 2.23. The van der Waals surface area contributed by atoms with E-state index in [-0.39, 0.29) is 5.43 Å². The molecule has 3 nitrogen and oxygen atoms in total. The molecule has 0 aliphatic rings. The zero-order chi connectivity index (χ0) is 11.0. The van der Waals surface area contributed by atoms with Gasteiger partial charge in [-0.1, -0.05) is 19.9 Å². The van der Waals surface area contributed by atoms with Gasteiger partial charge >= 0.3 is 0 Å². The van der Waals surface area contributed by atoms with Crippen LogP contribution >= 0.6 is 22.6 Å². The summed E-state index contributed by atoms with van der Waals surface area (Å²) in [5, 5.41) is 7.52. The standard InChI is InChI=1S/C11H11IN2O/c1-6(2)7-3-4-9-8(5-7)10(15)11(12)14-13-9/h3-6H,1-2H3,(H,13,15). The highest BCUT2D eigenvalue weighted by molar-refractivity contribution is 14.1. The molecule has 1 aromatic heterocycles. The quantitative estimate of drug-likeness (QED) is 0.823. The first kappa shape index (κ1) is 10.6. The summed E-state index contributed by atoms with van der Waals surface area (Å²) >= 11 is 1.95. The first-order chi connectivity index (χ1) is 7.09. The number of benzene rings is 1. The third-order valence-corrected chi connectivity index (χ3v) is 3.15. The number of nitrogens with one attached hydrogen (secondary N) is 1. The van der Waals surface area contributed by atoms with Crippen LogP contribution in [0.1, 0.15) is 25.3 Å². The van der Waals surface area contributed by atoms with Crippen molar-refractivity contribution in [3.63, 3.8) is 0 Å². The van der Waals surface area contributed by atoms with E-state index < -0.39 is 0 Å². The lowest BCUT2D eigenvalue weighted by molar-refractivity contribution is 0.867. The molecule has 1 aromatic carbocycles. The van der Waals surface area contributed by atoms with Gasteiger partial charge in [-0.2, -0.15) is 5.10 Å². The number of aromatic nitrogens is 2. The predicted molar refractivity (Wildman–Crippen MR) is 69.2 cm³/mol. The van der Waals surface area contributed by atoms with Crippen molar-refractivity contribution >= 4 is 33.5 Å². The van der Waals surface area contributed by atoms with Gasteiger partial charge in [0.2, 0.25) is 5.43 Å². The first-order valence-electron chi connectivity index (χ1n) is 4.77. The van der Waals surface area contributed by atoms with Crippen LogP contribution in [0.5, 0.6) is 0 Å². The molecule has 2 rings (SSSR count). The second-order valence-electron chi connectivity index (χ2n) is 3.80. The summed E-state index contributed by atoms with van der Waals surface area (Å²) in [5.41, 5.74) is 1.98. The van der Waals surface area contributed by atoms with Crippen molar-refractivity contribution in [2.75, 3.05) is 0 Å². The van der Waals surface area contributed by atoms with Gasteiger partial charge in [0, 0.05) is 0 Å². The van der Waals surface area contributed by atoms with E-state index in [1.54, 1.807) is 0 Å². The van der Waals surface area contributed by atoms with Crippen LogP contribution < -0.4 is 5.43 Å². The zero-order valence-corrected chi connectivity index (χ0v) is 10.7. The van der Waals surface area contributed by atoms with E-state index in [1.807, 2.05) is 40.8 Å². The maximum Gasteiger partial charge on any atom is 0.221 e. The third-order valence-electron chi connectivity index (χ3n) is 2.42. The van der Waals surface area contributed by atoms with Crippen molar-refractivity contribution in [2.24, 2.45) is 0 Å². The normalized spacial score (nSPS) is 11.2. The Balaban J connectivity index is 2.80. The number of nitrogens with zero attached hydrogens (tertiary/aromatic N) is 1. The summed E-state index contributed by atoms with van der Waals surface area (Å²) in [7, 11) is 0. The Morgan fingerprint density at radius 2 is 2.13 bits per heavy atom. The fourth-order valence-electron chi connectivity index (χ4n) is 1.48. The maximum absolute atomic E-state index is 11.8. The zero-order valence-electron chi connectivity index (χ0n) is 8.54. The summed E-state index contributed by atoms with van der Waals surface area (Å²) in [6, 6.07) is 5.88. The van der Waals surface area contributed by atoms with Gasteiger partial charge in [0.15, 0.2) is 3.70 Å². The van der Waals surface area contributed by atoms with Gasteiger partial charge in [-0.3, -0.25) is 9.89 Å². The van der Waals surface area contributed by atoms with Crippen LogP contribution in [0, 0.1) is 3.70 Å². The lowest BCUT2D eigenvalue weighted by atomic mass is 10.0. The largest absolute Gasteiger partial charge is 0.286 e. The molecular weight excluding hydrogens is 303 g/mol. The Hall–Kier alpha value is -0.910. The summed E-state index contributed by atoms with van der Waals surface area (Å²) in [6.45, 7) is 4.23. The Morgan fingerprint density at radius 3 is 2.80 bits per heavy atom. The molecule has 0 aliphatic heterocycles. The SMILES string of the molecule is CC(C)c1ccc2[nH]nc(I)c(=O)c2c1. The highest BCUT2D eigenvalue weighted by atomic mass is 127. The number of hydrogen-bond donors (Lipinski definition) is 1. The van der Waals surface area contributed by atoms with Crippen LogP contribution in [0.4, 0.5) is 0 Å². The molecule has 0 bridgehead atoms. The summed E-state index contributed by atoms with van der Waals surface area (Å²) in [5.74, 6) is 0.430. The van der Waals surface area contributed by atoms with Gasteiger partial charge < -0.3 is 0 Å². The number of H-pyrrole nitrogens is 1. The van der Waals surface area contributed by atoms with Gasteiger partial charge in [-0.25, -0.2) is 0 Å². The molecule has 1 N–H and O–H groups in total. The molecule has 15 heavy (non-hydrogen) atoms. The van der Waals surface area contributed by atoms with Crippen molar-refractivity contribution < 1.29 is 0 Å². The summed E-state index contributed by atoms with van der Waals surface area (Å²) in [4.78, 5) is 11.8. The molecule has 4 heteroatoms. The van der Waals surface area contributed by atoms with Crippen molar-refractivity contribution in [1.29, 1.82) is 0 Å². The lowest BCUT2D eigenvalue weighted by Gasteiger charge is -2.06. The average molecular weight is 314 g/mol. The fourth-order valence-corrected chi connectivity index (χ4v) is 1.89. The van der Waals surface area contributed by atoms with E-state index in [1.165, 1.54) is 5.56 Å². The van der Waals surface area contributed by atoms with Gasteiger partial charge in [-0.15, -0.1) is 0 Å². The molecule has 0 radical (unpaired) electrons. The van der Waals surface area contributed by atoms with E-state index in [0.29, 0.717) is 9.62 Å². The van der Waals surface area contributed by atoms with Gasteiger partial charge in [0.1, 0.15) is 0 Å². The summed E-state index contributed by atoms with van der Waals surface area (Å²) < 4.78 is 0.487. The van der Waals surface area contributed by atoms with Crippen LogP contribution in [0.15, 0.2) is 23.0 Å². The Morgan fingerprint density at radius 1 is 1.40 bits per heavy atom. The topological polar surface area (TPSA) is 45.8 Å². The van der Waals surface area contributed by atoms with Crippen molar-refractivity contribution in [3.8, 4) is 0 Å². The van der Waals surface area contributed by atoms with Crippen LogP contribution in [0.3, 0.4) is 0 Å². The van der Waals surface area contributed by atoms with E-state index >= 15 is 0 Å². The van der Waals surface area contributed by atoms with Crippen LogP contribution in [-0.2, 0) is 0 Å². The number of hydrogen-bond acceptors (Lipinski definition) is 2. The number of halogens is 1. The second kappa shape index (κ2) is 3.92. The smallest absolute Gasteiger partial charge is 0.221 e. The lowest BCUT2D eigenvalue weighted by Crippen LogP contribution is -2.10. The number of fused-ring (bicyclic) bond motifs is 1. The fraction of sp³-hybridized carbons (Fsp3) is 0.273. The molecule has 78 valence electrons. The van der Waals surface area contributed by atoms with Gasteiger partial charge in [-0.05, 0) is 46.2 Å². The molecule has 1 heterocycles. The minimum Gasteiger partial charge on any atom is -0.286 e. The predicted octanol–water partition coefficient (Wildman–Crippen LogP) is 2.65. The Kier molecular flexibility index (Phi) is 2.77. The highest BCUT2D eigenvalue weighted by Crippen LogP contribution is 2.17. The first-order valence-corrected chi connectivity index (χ1v) is 5.85. The van der Waals surface area contributed by atoms with Crippen molar-refractivity contribution in [3.05, 3.63) is 37.7 Å². The van der Waals surface area contributed by atoms with Crippen molar-refractivity contribution in [1.82, 2.24) is 10.2 Å². The minimum atomic E-state index is 0.00634. The van der Waals surface area contributed by atoms with Gasteiger partial charge in [0.25, 0.3) is 0 Å².